The van der Waals surface area contributed by atoms with E-state index in [9.17, 15) is 4.57 Å². The van der Waals surface area contributed by atoms with E-state index >= 15 is 0 Å². The van der Waals surface area contributed by atoms with Crippen LogP contribution in [-0.4, -0.2) is 11.7 Å². The fraction of sp³-hybridized carbons (Fsp3) is 0.143. The quantitative estimate of drug-likeness (QED) is 0.613. The molecule has 0 fully saturated rings. The van der Waals surface area contributed by atoms with Gasteiger partial charge in [-0.3, -0.25) is 0 Å². The molecule has 0 spiro atoms. The minimum absolute atomic E-state index is 0.250. The molecular weight excluding hydrogens is 247 g/mol. The van der Waals surface area contributed by atoms with Crippen LogP contribution in [0.3, 0.4) is 0 Å². The first-order valence-electron chi connectivity index (χ1n) is 5.72. The van der Waals surface area contributed by atoms with Crippen LogP contribution in [0, 0.1) is 0 Å². The Hall–Kier alpha value is -1.70. The number of para-hydroxylation sites is 1. The molecule has 2 aromatic carbocycles. The van der Waals surface area contributed by atoms with E-state index in [0.29, 0.717) is 5.58 Å². The number of aliphatic hydroxyl groups is 1. The second-order valence-corrected chi connectivity index (χ2v) is 4.86. The lowest BCUT2D eigenvalue weighted by Crippen LogP contribution is -1.73. The maximum Gasteiger partial charge on any atom is 0.597 e. The van der Waals surface area contributed by atoms with Gasteiger partial charge in [0.2, 0.25) is 5.12 Å². The molecule has 0 saturated carbocycles. The van der Waals surface area contributed by atoms with E-state index in [1.54, 1.807) is 6.92 Å². The molecular formula is C14H14O3P+. The summed E-state index contributed by atoms with van der Waals surface area (Å²) in [6.45, 7) is 1.93. The third-order valence-electron chi connectivity index (χ3n) is 2.46. The fourth-order valence-electron chi connectivity index (χ4n) is 1.77. The first kappa shape index (κ1) is 12.7. The van der Waals surface area contributed by atoms with Crippen LogP contribution < -0.4 is 0 Å². The van der Waals surface area contributed by atoms with Gasteiger partial charge in [0.15, 0.2) is 5.58 Å². The van der Waals surface area contributed by atoms with Gasteiger partial charge in [-0.15, -0.1) is 0 Å². The Bertz CT molecular complexity index is 719. The van der Waals surface area contributed by atoms with Gasteiger partial charge in [-0.25, -0.2) is 4.20 Å². The Morgan fingerprint density at radius 3 is 2.33 bits per heavy atom. The molecule has 92 valence electrons. The summed E-state index contributed by atoms with van der Waals surface area (Å²) < 4.78 is 17.1. The van der Waals surface area contributed by atoms with E-state index in [1.165, 1.54) is 0 Å². The lowest BCUT2D eigenvalue weighted by molar-refractivity contribution is 0.318. The summed E-state index contributed by atoms with van der Waals surface area (Å²) in [6.07, 6.45) is 0. The number of rotatable bonds is 0. The molecule has 0 radical (unpaired) electrons. The van der Waals surface area contributed by atoms with Crippen LogP contribution in [0.2, 0.25) is 0 Å². The smallest absolute Gasteiger partial charge is 0.397 e. The van der Waals surface area contributed by atoms with Gasteiger partial charge < -0.3 is 5.11 Å². The Labute approximate surface area is 106 Å². The zero-order chi connectivity index (χ0) is 13.0. The average Bonchev–Trinajstić information content (AvgIpc) is 2.40. The molecule has 0 aliphatic rings. The van der Waals surface area contributed by atoms with Gasteiger partial charge in [-0.1, -0.05) is 30.3 Å². The highest BCUT2D eigenvalue weighted by Crippen LogP contribution is 2.34. The number of hydrogen-bond acceptors (Lipinski definition) is 3. The summed E-state index contributed by atoms with van der Waals surface area (Å²) in [4.78, 5) is 0. The predicted molar refractivity (Wildman–Crippen MR) is 74.1 cm³/mol. The lowest BCUT2D eigenvalue weighted by atomic mass is 10.1. The Balaban J connectivity index is 0.000000367. The summed E-state index contributed by atoms with van der Waals surface area (Å²) in [5.41, 5.74) is 0.706. The lowest BCUT2D eigenvalue weighted by Gasteiger charge is -1.94. The molecule has 1 aromatic heterocycles. The van der Waals surface area contributed by atoms with Crippen LogP contribution in [0.25, 0.3) is 21.5 Å². The molecule has 18 heavy (non-hydrogen) atoms. The van der Waals surface area contributed by atoms with Crippen LogP contribution >= 0.6 is 7.65 Å². The molecule has 0 bridgehead atoms. The number of aliphatic hydroxyl groups excluding tert-OH is 1. The zero-order valence-corrected chi connectivity index (χ0v) is 10.9. The highest BCUT2D eigenvalue weighted by atomic mass is 31.1. The van der Waals surface area contributed by atoms with E-state index in [0.717, 1.165) is 15.9 Å². The standard InChI is InChI=1S/C12H8O2P.C2H6O/c13-15-12-8-4-2-6-10(12)9-5-1-3-7-11(9)14-15;1-2-3/h1-8H;3H,2H2,1H3/q+1;. The van der Waals surface area contributed by atoms with Crippen molar-refractivity contribution in [2.45, 2.75) is 6.92 Å². The average molecular weight is 261 g/mol. The minimum atomic E-state index is -1.74. The molecule has 1 unspecified atom stereocenters. The number of hydrogen-bond donors (Lipinski definition) is 1. The summed E-state index contributed by atoms with van der Waals surface area (Å²) >= 11 is 0. The summed E-state index contributed by atoms with van der Waals surface area (Å²) in [5.74, 6) is 0. The van der Waals surface area contributed by atoms with Crippen molar-refractivity contribution in [2.24, 2.45) is 0 Å². The molecule has 3 rings (SSSR count). The normalized spacial score (nSPS) is 11.1. The van der Waals surface area contributed by atoms with E-state index in [1.807, 2.05) is 48.5 Å². The van der Waals surface area contributed by atoms with Crippen molar-refractivity contribution in [3.8, 4) is 0 Å². The van der Waals surface area contributed by atoms with Gasteiger partial charge in [0, 0.05) is 17.4 Å². The molecule has 3 nitrogen and oxygen atoms in total. The summed E-state index contributed by atoms with van der Waals surface area (Å²) in [5, 5.41) is 10.4. The molecule has 4 heteroatoms. The van der Waals surface area contributed by atoms with Crippen molar-refractivity contribution >= 4 is 29.1 Å². The van der Waals surface area contributed by atoms with Crippen molar-refractivity contribution < 1.29 is 13.9 Å². The van der Waals surface area contributed by atoms with E-state index in [4.69, 9.17) is 9.30 Å². The van der Waals surface area contributed by atoms with E-state index in [-0.39, 0.29) is 6.61 Å². The molecule has 0 saturated heterocycles. The molecule has 1 N–H and O–H groups in total. The van der Waals surface area contributed by atoms with Gasteiger partial charge in [0.25, 0.3) is 0 Å². The molecule has 0 aliphatic heterocycles. The predicted octanol–water partition coefficient (Wildman–Crippen LogP) is 4.33. The van der Waals surface area contributed by atoms with Crippen molar-refractivity contribution in [2.75, 3.05) is 6.61 Å². The van der Waals surface area contributed by atoms with Crippen molar-refractivity contribution in [1.82, 2.24) is 0 Å². The summed E-state index contributed by atoms with van der Waals surface area (Å²) in [6, 6.07) is 15.3. The van der Waals surface area contributed by atoms with Gasteiger partial charge in [0.05, 0.1) is 0 Å². The number of benzene rings is 2. The summed E-state index contributed by atoms with van der Waals surface area (Å²) in [7, 11) is -1.74. The second-order valence-electron chi connectivity index (χ2n) is 3.68. The van der Waals surface area contributed by atoms with Gasteiger partial charge in [-0.05, 0) is 29.7 Å². The molecule has 3 aromatic rings. The van der Waals surface area contributed by atoms with Crippen molar-refractivity contribution in [3.63, 3.8) is 0 Å². The highest BCUT2D eigenvalue weighted by molar-refractivity contribution is 7.37. The van der Waals surface area contributed by atoms with E-state index in [2.05, 4.69) is 0 Å². The Kier molecular flexibility index (Phi) is 4.08. The maximum absolute atomic E-state index is 11.8. The molecule has 0 aliphatic carbocycles. The van der Waals surface area contributed by atoms with Crippen LogP contribution in [0.4, 0.5) is 0 Å². The van der Waals surface area contributed by atoms with Gasteiger partial charge in [-0.2, -0.15) is 0 Å². The molecule has 0 amide bonds. The Morgan fingerprint density at radius 2 is 1.61 bits per heavy atom. The van der Waals surface area contributed by atoms with Crippen molar-refractivity contribution in [1.29, 1.82) is 0 Å². The first-order chi connectivity index (χ1) is 8.77. The third-order valence-corrected chi connectivity index (χ3v) is 3.61. The minimum Gasteiger partial charge on any atom is -0.397 e. The van der Waals surface area contributed by atoms with Crippen molar-refractivity contribution in [3.05, 3.63) is 48.5 Å². The molecule has 1 atom stereocenters. The van der Waals surface area contributed by atoms with Gasteiger partial charge >= 0.3 is 7.65 Å². The SMILES string of the molecule is CCO.O=[p+]1oc2ccccc2c2ccccc21. The van der Waals surface area contributed by atoms with Crippen LogP contribution in [-0.2, 0) is 4.57 Å². The molecule has 1 heterocycles. The zero-order valence-electron chi connectivity index (χ0n) is 10.0. The van der Waals surface area contributed by atoms with E-state index < -0.39 is 7.65 Å². The maximum atomic E-state index is 11.8. The second kappa shape index (κ2) is 5.76. The fourth-order valence-corrected chi connectivity index (χ4v) is 2.80. The monoisotopic (exact) mass is 261 g/mol. The van der Waals surface area contributed by atoms with Crippen LogP contribution in [0.1, 0.15) is 6.92 Å². The number of fused-ring (bicyclic) bond motifs is 3. The van der Waals surface area contributed by atoms with Gasteiger partial charge in [0.1, 0.15) is 0 Å². The van der Waals surface area contributed by atoms with Crippen LogP contribution in [0.15, 0.2) is 52.7 Å². The first-order valence-corrected chi connectivity index (χ1v) is 6.90. The topological polar surface area (TPSA) is 50.4 Å². The van der Waals surface area contributed by atoms with Crippen LogP contribution in [0.5, 0.6) is 0 Å². The Morgan fingerprint density at radius 1 is 1.06 bits per heavy atom. The largest absolute Gasteiger partial charge is 0.597 e. The highest BCUT2D eigenvalue weighted by Gasteiger charge is 2.14. The third kappa shape index (κ3) is 2.42.